The molecule has 2 N–H and O–H groups in total. The molecular weight excluding hydrogens is 232 g/mol. The van der Waals surface area contributed by atoms with Crippen molar-refractivity contribution in [2.75, 3.05) is 6.54 Å². The minimum absolute atomic E-state index is 0.410. The Morgan fingerprint density at radius 2 is 1.84 bits per heavy atom. The van der Waals surface area contributed by atoms with Crippen LogP contribution < -0.4 is 5.73 Å². The summed E-state index contributed by atoms with van der Waals surface area (Å²) >= 11 is 0. The third-order valence-electron chi connectivity index (χ3n) is 5.74. The zero-order chi connectivity index (χ0) is 14.0. The first-order chi connectivity index (χ1) is 9.02. The molecular formula is C17H34N2. The monoisotopic (exact) mass is 266 g/mol. The van der Waals surface area contributed by atoms with Gasteiger partial charge in [-0.2, -0.15) is 0 Å². The molecule has 1 saturated carbocycles. The summed E-state index contributed by atoms with van der Waals surface area (Å²) in [7, 11) is 0. The fourth-order valence-corrected chi connectivity index (χ4v) is 4.50. The van der Waals surface area contributed by atoms with Crippen LogP contribution in [0.1, 0.15) is 66.2 Å². The second-order valence-electron chi connectivity index (χ2n) is 7.45. The van der Waals surface area contributed by atoms with E-state index < -0.39 is 0 Å². The van der Waals surface area contributed by atoms with E-state index in [2.05, 4.69) is 32.6 Å². The molecule has 2 fully saturated rings. The Hall–Kier alpha value is -0.0800. The molecule has 112 valence electrons. The van der Waals surface area contributed by atoms with Crippen LogP contribution >= 0.6 is 0 Å². The predicted octanol–water partition coefficient (Wildman–Crippen LogP) is 3.65. The van der Waals surface area contributed by atoms with E-state index in [-0.39, 0.29) is 0 Å². The zero-order valence-corrected chi connectivity index (χ0v) is 13.4. The lowest BCUT2D eigenvalue weighted by Crippen LogP contribution is -2.58. The molecule has 0 aromatic rings. The number of nitrogens with zero attached hydrogens (tertiary/aromatic N) is 1. The predicted molar refractivity (Wildman–Crippen MR) is 83.1 cm³/mol. The summed E-state index contributed by atoms with van der Waals surface area (Å²) in [6, 6.07) is 1.77. The number of hydrogen-bond acceptors (Lipinski definition) is 2. The summed E-state index contributed by atoms with van der Waals surface area (Å²) in [5.41, 5.74) is 6.48. The van der Waals surface area contributed by atoms with Crippen LogP contribution in [-0.2, 0) is 0 Å². The molecule has 0 aromatic carbocycles. The van der Waals surface area contributed by atoms with Crippen molar-refractivity contribution >= 4 is 0 Å². The fourth-order valence-electron chi connectivity index (χ4n) is 4.50. The lowest BCUT2D eigenvalue weighted by molar-refractivity contribution is 0.00690. The van der Waals surface area contributed by atoms with Crippen molar-refractivity contribution < 1.29 is 0 Å². The second kappa shape index (κ2) is 6.58. The SMILES string of the molecule is CCCC1CCC(N)C(N2CC(C)CC(C)C2C)C1. The highest BCUT2D eigenvalue weighted by Crippen LogP contribution is 2.35. The highest BCUT2D eigenvalue weighted by Gasteiger charge is 2.38. The van der Waals surface area contributed by atoms with Gasteiger partial charge in [0.15, 0.2) is 0 Å². The van der Waals surface area contributed by atoms with Gasteiger partial charge in [0.05, 0.1) is 0 Å². The molecule has 19 heavy (non-hydrogen) atoms. The van der Waals surface area contributed by atoms with Crippen LogP contribution in [0.2, 0.25) is 0 Å². The number of likely N-dealkylation sites (tertiary alicyclic amines) is 1. The molecule has 1 aliphatic carbocycles. The number of rotatable bonds is 3. The van der Waals surface area contributed by atoms with E-state index in [1.54, 1.807) is 0 Å². The van der Waals surface area contributed by atoms with Crippen molar-refractivity contribution in [1.29, 1.82) is 0 Å². The quantitative estimate of drug-likeness (QED) is 0.845. The van der Waals surface area contributed by atoms with Crippen LogP contribution in [0.25, 0.3) is 0 Å². The Morgan fingerprint density at radius 3 is 2.53 bits per heavy atom. The lowest BCUT2D eigenvalue weighted by Gasteiger charge is -2.49. The molecule has 1 heterocycles. The van der Waals surface area contributed by atoms with Crippen LogP contribution in [0, 0.1) is 17.8 Å². The van der Waals surface area contributed by atoms with E-state index in [1.807, 2.05) is 0 Å². The molecule has 0 bridgehead atoms. The van der Waals surface area contributed by atoms with Gasteiger partial charge in [0, 0.05) is 24.7 Å². The first kappa shape index (κ1) is 15.3. The summed E-state index contributed by atoms with van der Waals surface area (Å²) in [6.45, 7) is 10.8. The largest absolute Gasteiger partial charge is 0.326 e. The Balaban J connectivity index is 2.04. The van der Waals surface area contributed by atoms with Gasteiger partial charge in [0.1, 0.15) is 0 Å². The summed E-state index contributed by atoms with van der Waals surface area (Å²) in [5.74, 6) is 2.59. The molecule has 0 spiro atoms. The normalized spacial score (nSPS) is 45.3. The number of hydrogen-bond donors (Lipinski definition) is 1. The van der Waals surface area contributed by atoms with Gasteiger partial charge in [-0.15, -0.1) is 0 Å². The zero-order valence-electron chi connectivity index (χ0n) is 13.4. The van der Waals surface area contributed by atoms with E-state index in [4.69, 9.17) is 5.73 Å². The van der Waals surface area contributed by atoms with Crippen LogP contribution in [0.15, 0.2) is 0 Å². The molecule has 6 atom stereocenters. The van der Waals surface area contributed by atoms with Crippen molar-refractivity contribution in [1.82, 2.24) is 4.90 Å². The maximum absolute atomic E-state index is 6.48. The van der Waals surface area contributed by atoms with Crippen LogP contribution in [-0.4, -0.2) is 29.6 Å². The molecule has 6 unspecified atom stereocenters. The topological polar surface area (TPSA) is 29.3 Å². The third-order valence-corrected chi connectivity index (χ3v) is 5.74. The van der Waals surface area contributed by atoms with Gasteiger partial charge in [0.25, 0.3) is 0 Å². The number of piperidine rings is 1. The molecule has 0 radical (unpaired) electrons. The van der Waals surface area contributed by atoms with Gasteiger partial charge in [-0.05, 0) is 50.4 Å². The van der Waals surface area contributed by atoms with Crippen LogP contribution in [0.3, 0.4) is 0 Å². The molecule has 2 heteroatoms. The van der Waals surface area contributed by atoms with Crippen molar-refractivity contribution in [3.05, 3.63) is 0 Å². The lowest BCUT2D eigenvalue weighted by atomic mass is 9.77. The maximum Gasteiger partial charge on any atom is 0.0252 e. The van der Waals surface area contributed by atoms with E-state index >= 15 is 0 Å². The highest BCUT2D eigenvalue weighted by atomic mass is 15.2. The average Bonchev–Trinajstić information content (AvgIpc) is 2.36. The molecule has 2 nitrogen and oxygen atoms in total. The third kappa shape index (κ3) is 3.52. The summed E-state index contributed by atoms with van der Waals surface area (Å²) < 4.78 is 0. The molecule has 2 aliphatic rings. The van der Waals surface area contributed by atoms with Gasteiger partial charge in [-0.3, -0.25) is 4.90 Å². The first-order valence-corrected chi connectivity index (χ1v) is 8.54. The molecule has 2 rings (SSSR count). The van der Waals surface area contributed by atoms with Crippen molar-refractivity contribution in [2.45, 2.75) is 84.3 Å². The van der Waals surface area contributed by atoms with Crippen LogP contribution in [0.4, 0.5) is 0 Å². The average molecular weight is 266 g/mol. The second-order valence-corrected chi connectivity index (χ2v) is 7.45. The molecule has 1 saturated heterocycles. The molecule has 0 aromatic heterocycles. The van der Waals surface area contributed by atoms with E-state index in [0.29, 0.717) is 18.1 Å². The minimum atomic E-state index is 0.410. The van der Waals surface area contributed by atoms with E-state index in [9.17, 15) is 0 Å². The van der Waals surface area contributed by atoms with Crippen LogP contribution in [0.5, 0.6) is 0 Å². The summed E-state index contributed by atoms with van der Waals surface area (Å²) in [6.07, 6.45) is 8.06. The first-order valence-electron chi connectivity index (χ1n) is 8.54. The minimum Gasteiger partial charge on any atom is -0.326 e. The van der Waals surface area contributed by atoms with Crippen molar-refractivity contribution in [2.24, 2.45) is 23.5 Å². The van der Waals surface area contributed by atoms with E-state index in [1.165, 1.54) is 45.1 Å². The summed E-state index contributed by atoms with van der Waals surface area (Å²) in [4.78, 5) is 2.77. The van der Waals surface area contributed by atoms with Gasteiger partial charge in [-0.1, -0.05) is 33.6 Å². The Morgan fingerprint density at radius 1 is 1.11 bits per heavy atom. The van der Waals surface area contributed by atoms with Crippen molar-refractivity contribution in [3.63, 3.8) is 0 Å². The maximum atomic E-state index is 6.48. The molecule has 0 amide bonds. The standard InChI is InChI=1S/C17H34N2/c1-5-6-15-7-8-16(18)17(10-15)19-11-12(2)9-13(3)14(19)4/h12-17H,5-11,18H2,1-4H3. The Kier molecular flexibility index (Phi) is 5.30. The van der Waals surface area contributed by atoms with Gasteiger partial charge >= 0.3 is 0 Å². The summed E-state index contributed by atoms with van der Waals surface area (Å²) in [5, 5.41) is 0. The van der Waals surface area contributed by atoms with Gasteiger partial charge in [-0.25, -0.2) is 0 Å². The number of nitrogens with two attached hydrogens (primary N) is 1. The fraction of sp³-hybridized carbons (Fsp3) is 1.00. The van der Waals surface area contributed by atoms with Gasteiger partial charge < -0.3 is 5.73 Å². The highest BCUT2D eigenvalue weighted by molar-refractivity contribution is 4.94. The Bertz CT molecular complexity index is 278. The Labute approximate surface area is 120 Å². The smallest absolute Gasteiger partial charge is 0.0252 e. The van der Waals surface area contributed by atoms with Crippen molar-refractivity contribution in [3.8, 4) is 0 Å². The molecule has 1 aliphatic heterocycles. The van der Waals surface area contributed by atoms with E-state index in [0.717, 1.165) is 17.8 Å². The van der Waals surface area contributed by atoms with Gasteiger partial charge in [0.2, 0.25) is 0 Å².